The summed E-state index contributed by atoms with van der Waals surface area (Å²) < 4.78 is 21.9. The Kier molecular flexibility index (Phi) is 4.19. The summed E-state index contributed by atoms with van der Waals surface area (Å²) in [4.78, 5) is 8.67. The zero-order valence-corrected chi connectivity index (χ0v) is 15.7. The first-order valence-electron chi connectivity index (χ1n) is 9.24. The summed E-state index contributed by atoms with van der Waals surface area (Å²) in [7, 11) is 1.69. The van der Waals surface area contributed by atoms with Crippen molar-refractivity contribution in [3.8, 4) is 16.9 Å². The molecule has 0 atom stereocenters. The lowest BCUT2D eigenvalue weighted by Crippen LogP contribution is -2.08. The van der Waals surface area contributed by atoms with Crippen LogP contribution < -0.4 is 15.4 Å². The van der Waals surface area contributed by atoms with Gasteiger partial charge in [-0.3, -0.25) is 4.40 Å². The first-order valence-corrected chi connectivity index (χ1v) is 9.24. The summed E-state index contributed by atoms with van der Waals surface area (Å²) in [5.74, 6) is 1.56. The Bertz CT molecular complexity index is 1210. The van der Waals surface area contributed by atoms with Gasteiger partial charge in [0.25, 0.3) is 0 Å². The molecule has 29 heavy (non-hydrogen) atoms. The molecule has 1 aliphatic rings. The molecule has 0 fully saturated rings. The fraction of sp³-hybridized carbons (Fsp3) is 0.200. The maximum atomic E-state index is 14.6. The molecular weight excluding hydrogens is 373 g/mol. The van der Waals surface area contributed by atoms with Gasteiger partial charge >= 0.3 is 0 Å². The van der Waals surface area contributed by atoms with E-state index in [4.69, 9.17) is 4.74 Å². The Hall–Kier alpha value is -3.75. The number of benzene rings is 1. The third kappa shape index (κ3) is 3.00. The molecule has 9 heteroatoms. The fourth-order valence-corrected chi connectivity index (χ4v) is 3.54. The van der Waals surface area contributed by atoms with E-state index in [0.717, 1.165) is 17.7 Å². The number of nitrogens with one attached hydrogen (secondary N) is 2. The van der Waals surface area contributed by atoms with Crippen molar-refractivity contribution in [2.75, 3.05) is 24.3 Å². The number of ether oxygens (including phenoxy) is 1. The molecule has 8 nitrogen and oxygen atoms in total. The molecule has 3 aromatic heterocycles. The van der Waals surface area contributed by atoms with Gasteiger partial charge < -0.3 is 15.4 Å². The van der Waals surface area contributed by atoms with Crippen LogP contribution in [0.1, 0.15) is 11.1 Å². The van der Waals surface area contributed by atoms with Crippen molar-refractivity contribution in [2.45, 2.75) is 13.0 Å². The van der Waals surface area contributed by atoms with Gasteiger partial charge in [-0.1, -0.05) is 12.1 Å². The molecular formula is C20H18FN7O. The van der Waals surface area contributed by atoms with E-state index in [1.807, 2.05) is 12.1 Å². The van der Waals surface area contributed by atoms with Gasteiger partial charge in [-0.25, -0.2) is 14.4 Å². The molecule has 146 valence electrons. The number of aromatic nitrogens is 5. The SMILES string of the molecule is CNc1cc(F)c(-c2cnc(NCc3cccc4c3CCO4)n3cnnc23)cn1. The highest BCUT2D eigenvalue weighted by atomic mass is 19.1. The van der Waals surface area contributed by atoms with E-state index in [1.165, 1.54) is 17.8 Å². The molecule has 0 radical (unpaired) electrons. The van der Waals surface area contributed by atoms with E-state index < -0.39 is 5.82 Å². The molecule has 0 saturated heterocycles. The second kappa shape index (κ2) is 7.01. The third-order valence-electron chi connectivity index (χ3n) is 5.01. The second-order valence-electron chi connectivity index (χ2n) is 6.67. The number of hydrogen-bond acceptors (Lipinski definition) is 7. The van der Waals surface area contributed by atoms with E-state index >= 15 is 0 Å². The Morgan fingerprint density at radius 1 is 1.21 bits per heavy atom. The lowest BCUT2D eigenvalue weighted by molar-refractivity contribution is 0.357. The van der Waals surface area contributed by atoms with Crippen LogP contribution in [0.15, 0.2) is 43.0 Å². The van der Waals surface area contributed by atoms with Gasteiger partial charge in [0.05, 0.1) is 6.61 Å². The molecule has 0 aliphatic carbocycles. The van der Waals surface area contributed by atoms with Gasteiger partial charge in [0.2, 0.25) is 5.95 Å². The summed E-state index contributed by atoms with van der Waals surface area (Å²) in [5, 5.41) is 14.3. The van der Waals surface area contributed by atoms with Crippen molar-refractivity contribution in [3.63, 3.8) is 0 Å². The number of rotatable bonds is 5. The van der Waals surface area contributed by atoms with E-state index in [1.54, 1.807) is 24.0 Å². The highest BCUT2D eigenvalue weighted by Crippen LogP contribution is 2.30. The smallest absolute Gasteiger partial charge is 0.210 e. The lowest BCUT2D eigenvalue weighted by Gasteiger charge is -2.12. The molecule has 2 N–H and O–H groups in total. The normalized spacial score (nSPS) is 12.6. The van der Waals surface area contributed by atoms with Crippen molar-refractivity contribution in [1.29, 1.82) is 0 Å². The molecule has 0 saturated carbocycles. The van der Waals surface area contributed by atoms with Crippen molar-refractivity contribution in [1.82, 2.24) is 24.6 Å². The predicted molar refractivity (Wildman–Crippen MR) is 106 cm³/mol. The van der Waals surface area contributed by atoms with Crippen LogP contribution in [-0.4, -0.2) is 38.2 Å². The van der Waals surface area contributed by atoms with Crippen molar-refractivity contribution in [3.05, 3.63) is 59.9 Å². The van der Waals surface area contributed by atoms with E-state index in [9.17, 15) is 4.39 Å². The van der Waals surface area contributed by atoms with Gasteiger partial charge in [-0.05, 0) is 11.6 Å². The third-order valence-corrected chi connectivity index (χ3v) is 5.01. The molecule has 1 aromatic carbocycles. The quantitative estimate of drug-likeness (QED) is 0.541. The average molecular weight is 391 g/mol. The minimum atomic E-state index is -0.406. The molecule has 0 spiro atoms. The van der Waals surface area contributed by atoms with Crippen LogP contribution in [0.4, 0.5) is 16.2 Å². The minimum Gasteiger partial charge on any atom is -0.493 e. The first kappa shape index (κ1) is 17.4. The van der Waals surface area contributed by atoms with Crippen LogP contribution in [0.25, 0.3) is 16.8 Å². The van der Waals surface area contributed by atoms with Crippen molar-refractivity contribution >= 4 is 17.4 Å². The molecule has 1 aliphatic heterocycles. The lowest BCUT2D eigenvalue weighted by atomic mass is 10.1. The summed E-state index contributed by atoms with van der Waals surface area (Å²) in [6, 6.07) is 7.38. The van der Waals surface area contributed by atoms with Crippen LogP contribution in [0.5, 0.6) is 5.75 Å². The topological polar surface area (TPSA) is 89.3 Å². The Labute approximate surface area is 165 Å². The number of anilines is 2. The molecule has 0 unspecified atom stereocenters. The molecule has 5 rings (SSSR count). The molecule has 0 amide bonds. The Morgan fingerprint density at radius 2 is 2.10 bits per heavy atom. The van der Waals surface area contributed by atoms with E-state index in [2.05, 4.69) is 36.9 Å². The summed E-state index contributed by atoms with van der Waals surface area (Å²) in [5.41, 5.74) is 3.72. The van der Waals surface area contributed by atoms with Crippen LogP contribution in [0.3, 0.4) is 0 Å². The summed E-state index contributed by atoms with van der Waals surface area (Å²) >= 11 is 0. The maximum Gasteiger partial charge on any atom is 0.210 e. The van der Waals surface area contributed by atoms with Crippen molar-refractivity contribution < 1.29 is 9.13 Å². The van der Waals surface area contributed by atoms with Crippen LogP contribution >= 0.6 is 0 Å². The van der Waals surface area contributed by atoms with Gasteiger partial charge in [0, 0.05) is 55.2 Å². The average Bonchev–Trinajstić information content (AvgIpc) is 3.42. The fourth-order valence-electron chi connectivity index (χ4n) is 3.54. The van der Waals surface area contributed by atoms with Crippen LogP contribution in [0.2, 0.25) is 0 Å². The molecule has 0 bridgehead atoms. The Morgan fingerprint density at radius 3 is 2.97 bits per heavy atom. The van der Waals surface area contributed by atoms with Gasteiger partial charge in [-0.15, -0.1) is 10.2 Å². The zero-order chi connectivity index (χ0) is 19.8. The van der Waals surface area contributed by atoms with Gasteiger partial charge in [0.15, 0.2) is 5.65 Å². The number of nitrogens with zero attached hydrogens (tertiary/aromatic N) is 5. The predicted octanol–water partition coefficient (Wildman–Crippen LogP) is 2.91. The number of hydrogen-bond donors (Lipinski definition) is 2. The van der Waals surface area contributed by atoms with Crippen LogP contribution in [-0.2, 0) is 13.0 Å². The number of halogens is 1. The Balaban J connectivity index is 1.48. The second-order valence-corrected chi connectivity index (χ2v) is 6.67. The summed E-state index contributed by atoms with van der Waals surface area (Å²) in [6.45, 7) is 1.29. The minimum absolute atomic E-state index is 0.319. The highest BCUT2D eigenvalue weighted by Gasteiger charge is 2.17. The molecule has 4 heterocycles. The largest absolute Gasteiger partial charge is 0.493 e. The van der Waals surface area contributed by atoms with Gasteiger partial charge in [-0.2, -0.15) is 0 Å². The first-order chi connectivity index (χ1) is 14.2. The number of fused-ring (bicyclic) bond motifs is 2. The van der Waals surface area contributed by atoms with Crippen LogP contribution in [0, 0.1) is 5.82 Å². The monoisotopic (exact) mass is 391 g/mol. The zero-order valence-electron chi connectivity index (χ0n) is 15.7. The van der Waals surface area contributed by atoms with Crippen molar-refractivity contribution in [2.24, 2.45) is 0 Å². The highest BCUT2D eigenvalue weighted by molar-refractivity contribution is 5.78. The standard InChI is InChI=1S/C20H18FN7O/c1-22-18-7-16(21)14(9-23-18)15-10-25-20(28-11-26-27-19(15)28)24-8-12-3-2-4-17-13(12)5-6-29-17/h2-4,7,9-11H,5-6,8H2,1H3,(H,22,23)(H,24,25). The van der Waals surface area contributed by atoms with E-state index in [-0.39, 0.29) is 0 Å². The van der Waals surface area contributed by atoms with E-state index in [0.29, 0.717) is 41.7 Å². The maximum absolute atomic E-state index is 14.6. The summed E-state index contributed by atoms with van der Waals surface area (Å²) in [6.07, 6.45) is 5.51. The molecule has 4 aromatic rings. The number of pyridine rings is 1. The van der Waals surface area contributed by atoms with Gasteiger partial charge in [0.1, 0.15) is 23.7 Å².